The summed E-state index contributed by atoms with van der Waals surface area (Å²) < 4.78 is 1.84. The van der Waals surface area contributed by atoms with Crippen LogP contribution < -0.4 is 10.6 Å². The molecule has 1 aliphatic heterocycles. The molecule has 0 radical (unpaired) electrons. The van der Waals surface area contributed by atoms with E-state index in [1.807, 2.05) is 49.7 Å². The number of carbonyl (C=O) groups is 3. The van der Waals surface area contributed by atoms with Gasteiger partial charge in [-0.15, -0.1) is 0 Å². The first kappa shape index (κ1) is 17.7. The summed E-state index contributed by atoms with van der Waals surface area (Å²) in [6, 6.07) is 7.07. The summed E-state index contributed by atoms with van der Waals surface area (Å²) in [4.78, 5) is 36.2. The van der Waals surface area contributed by atoms with E-state index < -0.39 is 17.8 Å². The molecule has 4 amide bonds. The topological polar surface area (TPSA) is 96.3 Å². The standard InChI is InChI=1S/C18H21N5O3/c1-11-6-4-5-7-15(11)23-13(3)14(8-20-23)12(2)21-16(24)10-22-17(25)9-19-18(22)26/h4-8,12H,9-10H2,1-3H3,(H,19,26)(H,21,24)/t12-/m1/s1. The predicted molar refractivity (Wildman–Crippen MR) is 94.7 cm³/mol. The molecule has 136 valence electrons. The summed E-state index contributed by atoms with van der Waals surface area (Å²) in [5, 5.41) is 9.65. The second-order valence-corrected chi connectivity index (χ2v) is 6.31. The molecule has 2 aromatic rings. The predicted octanol–water partition coefficient (Wildman–Crippen LogP) is 1.22. The van der Waals surface area contributed by atoms with Gasteiger partial charge in [-0.1, -0.05) is 18.2 Å². The Hall–Kier alpha value is -3.16. The number of carbonyl (C=O) groups excluding carboxylic acids is 3. The van der Waals surface area contributed by atoms with Gasteiger partial charge in [-0.2, -0.15) is 5.10 Å². The van der Waals surface area contributed by atoms with Crippen LogP contribution in [-0.4, -0.2) is 45.6 Å². The van der Waals surface area contributed by atoms with E-state index in [9.17, 15) is 14.4 Å². The second kappa shape index (κ2) is 6.99. The molecule has 1 aromatic heterocycles. The summed E-state index contributed by atoms with van der Waals surface area (Å²) in [6.07, 6.45) is 1.72. The van der Waals surface area contributed by atoms with Gasteiger partial charge in [0.15, 0.2) is 0 Å². The minimum Gasteiger partial charge on any atom is -0.348 e. The van der Waals surface area contributed by atoms with Crippen molar-refractivity contribution in [3.8, 4) is 5.69 Å². The summed E-state index contributed by atoms with van der Waals surface area (Å²) in [5.41, 5.74) is 3.87. The third-order valence-corrected chi connectivity index (χ3v) is 4.47. The molecule has 26 heavy (non-hydrogen) atoms. The highest BCUT2D eigenvalue weighted by molar-refractivity contribution is 6.04. The van der Waals surface area contributed by atoms with E-state index in [0.29, 0.717) is 0 Å². The van der Waals surface area contributed by atoms with Gasteiger partial charge in [0.05, 0.1) is 24.5 Å². The Balaban J connectivity index is 1.72. The van der Waals surface area contributed by atoms with Gasteiger partial charge in [0.2, 0.25) is 5.91 Å². The Labute approximate surface area is 151 Å². The van der Waals surface area contributed by atoms with E-state index in [1.54, 1.807) is 6.20 Å². The van der Waals surface area contributed by atoms with Crippen LogP contribution in [0.4, 0.5) is 4.79 Å². The Morgan fingerprint density at radius 3 is 2.69 bits per heavy atom. The number of urea groups is 1. The Bertz CT molecular complexity index is 857. The molecule has 1 fully saturated rings. The van der Waals surface area contributed by atoms with Gasteiger partial charge < -0.3 is 10.6 Å². The maximum absolute atomic E-state index is 12.2. The zero-order valence-corrected chi connectivity index (χ0v) is 14.9. The number of nitrogens with one attached hydrogen (secondary N) is 2. The molecule has 0 spiro atoms. The fourth-order valence-corrected chi connectivity index (χ4v) is 3.02. The van der Waals surface area contributed by atoms with E-state index in [1.165, 1.54) is 0 Å². The van der Waals surface area contributed by atoms with Gasteiger partial charge in [0.25, 0.3) is 5.91 Å². The zero-order valence-electron chi connectivity index (χ0n) is 14.9. The first-order valence-corrected chi connectivity index (χ1v) is 8.36. The summed E-state index contributed by atoms with van der Waals surface area (Å²) in [7, 11) is 0. The molecule has 0 unspecified atom stereocenters. The Morgan fingerprint density at radius 2 is 2.04 bits per heavy atom. The van der Waals surface area contributed by atoms with E-state index in [-0.39, 0.29) is 19.1 Å². The van der Waals surface area contributed by atoms with Crippen molar-refractivity contribution in [3.63, 3.8) is 0 Å². The minimum atomic E-state index is -0.540. The fraction of sp³-hybridized carbons (Fsp3) is 0.333. The molecule has 1 aromatic carbocycles. The zero-order chi connectivity index (χ0) is 18.8. The van der Waals surface area contributed by atoms with Crippen LogP contribution in [-0.2, 0) is 9.59 Å². The number of aromatic nitrogens is 2. The highest BCUT2D eigenvalue weighted by Gasteiger charge is 2.30. The van der Waals surface area contributed by atoms with Crippen molar-refractivity contribution >= 4 is 17.8 Å². The first-order chi connectivity index (χ1) is 12.4. The van der Waals surface area contributed by atoms with Crippen molar-refractivity contribution in [2.24, 2.45) is 0 Å². The van der Waals surface area contributed by atoms with E-state index in [4.69, 9.17) is 0 Å². The van der Waals surface area contributed by atoms with Crippen molar-refractivity contribution in [2.45, 2.75) is 26.8 Å². The van der Waals surface area contributed by atoms with Crippen molar-refractivity contribution in [1.29, 1.82) is 0 Å². The number of amides is 4. The molecule has 1 aliphatic rings. The van der Waals surface area contributed by atoms with E-state index >= 15 is 0 Å². The second-order valence-electron chi connectivity index (χ2n) is 6.31. The van der Waals surface area contributed by atoms with Crippen LogP contribution in [0.3, 0.4) is 0 Å². The summed E-state index contributed by atoms with van der Waals surface area (Å²) >= 11 is 0. The van der Waals surface area contributed by atoms with Gasteiger partial charge in [-0.3, -0.25) is 14.5 Å². The maximum atomic E-state index is 12.2. The van der Waals surface area contributed by atoms with Crippen molar-refractivity contribution < 1.29 is 14.4 Å². The van der Waals surface area contributed by atoms with Crippen LogP contribution in [0.1, 0.15) is 29.8 Å². The maximum Gasteiger partial charge on any atom is 0.325 e. The number of rotatable bonds is 5. The number of hydrogen-bond acceptors (Lipinski definition) is 4. The van der Waals surface area contributed by atoms with Crippen LogP contribution >= 0.6 is 0 Å². The molecule has 0 bridgehead atoms. The molecule has 8 nitrogen and oxygen atoms in total. The highest BCUT2D eigenvalue weighted by Crippen LogP contribution is 2.21. The SMILES string of the molecule is Cc1ccccc1-n1ncc([C@@H](C)NC(=O)CN2C(=O)CNC2=O)c1C. The summed E-state index contributed by atoms with van der Waals surface area (Å²) in [6.45, 7) is 5.44. The normalized spacial score (nSPS) is 15.1. The Kier molecular flexibility index (Phi) is 4.75. The molecule has 8 heteroatoms. The molecule has 0 saturated carbocycles. The quantitative estimate of drug-likeness (QED) is 0.788. The number of hydrogen-bond donors (Lipinski definition) is 2. The lowest BCUT2D eigenvalue weighted by molar-refractivity contribution is -0.130. The van der Waals surface area contributed by atoms with Crippen molar-refractivity contribution in [1.82, 2.24) is 25.3 Å². The number of aryl methyl sites for hydroxylation is 1. The summed E-state index contributed by atoms with van der Waals surface area (Å²) in [5.74, 6) is -0.799. The molecular weight excluding hydrogens is 334 g/mol. The van der Waals surface area contributed by atoms with Crippen molar-refractivity contribution in [2.75, 3.05) is 13.1 Å². The number of imide groups is 1. The lowest BCUT2D eigenvalue weighted by Crippen LogP contribution is -2.41. The van der Waals surface area contributed by atoms with E-state index in [2.05, 4.69) is 15.7 Å². The van der Waals surface area contributed by atoms with Gasteiger partial charge in [0.1, 0.15) is 6.54 Å². The van der Waals surface area contributed by atoms with Crippen LogP contribution in [0.5, 0.6) is 0 Å². The van der Waals surface area contributed by atoms with Crippen LogP contribution in [0.2, 0.25) is 0 Å². The lowest BCUT2D eigenvalue weighted by Gasteiger charge is -2.17. The monoisotopic (exact) mass is 355 g/mol. The fourth-order valence-electron chi connectivity index (χ4n) is 3.02. The van der Waals surface area contributed by atoms with Gasteiger partial charge in [-0.25, -0.2) is 9.48 Å². The number of nitrogens with zero attached hydrogens (tertiary/aromatic N) is 3. The van der Waals surface area contributed by atoms with Crippen LogP contribution in [0, 0.1) is 13.8 Å². The van der Waals surface area contributed by atoms with Crippen molar-refractivity contribution in [3.05, 3.63) is 47.3 Å². The number of para-hydroxylation sites is 1. The average molecular weight is 355 g/mol. The molecule has 2 N–H and O–H groups in total. The molecule has 1 saturated heterocycles. The largest absolute Gasteiger partial charge is 0.348 e. The molecule has 0 aliphatic carbocycles. The highest BCUT2D eigenvalue weighted by atomic mass is 16.2. The lowest BCUT2D eigenvalue weighted by atomic mass is 10.1. The third-order valence-electron chi connectivity index (χ3n) is 4.47. The van der Waals surface area contributed by atoms with Crippen LogP contribution in [0.15, 0.2) is 30.5 Å². The number of benzene rings is 1. The average Bonchev–Trinajstić information content (AvgIpc) is 3.12. The molecule has 3 rings (SSSR count). The first-order valence-electron chi connectivity index (χ1n) is 8.36. The molecular formula is C18H21N5O3. The Morgan fingerprint density at radius 1 is 1.31 bits per heavy atom. The van der Waals surface area contributed by atoms with E-state index in [0.717, 1.165) is 27.4 Å². The third kappa shape index (κ3) is 3.30. The molecule has 2 heterocycles. The van der Waals surface area contributed by atoms with Gasteiger partial charge in [0, 0.05) is 11.3 Å². The van der Waals surface area contributed by atoms with Gasteiger partial charge in [-0.05, 0) is 32.4 Å². The minimum absolute atomic E-state index is 0.0655. The smallest absolute Gasteiger partial charge is 0.325 e. The van der Waals surface area contributed by atoms with Gasteiger partial charge >= 0.3 is 6.03 Å². The van der Waals surface area contributed by atoms with Crippen LogP contribution in [0.25, 0.3) is 5.69 Å². The molecule has 1 atom stereocenters.